The van der Waals surface area contributed by atoms with Gasteiger partial charge in [0.2, 0.25) is 0 Å². The molecular weight excluding hydrogens is 234 g/mol. The molecule has 3 rings (SSSR count). The number of phenols is 1. The van der Waals surface area contributed by atoms with E-state index in [1.54, 1.807) is 0 Å². The zero-order valence-electron chi connectivity index (χ0n) is 11.5. The van der Waals surface area contributed by atoms with Crippen LogP contribution in [0.25, 0.3) is 10.8 Å². The molecule has 1 aliphatic heterocycles. The molecule has 19 heavy (non-hydrogen) atoms. The number of fused-ring (bicyclic) bond motifs is 1. The zero-order valence-corrected chi connectivity index (χ0v) is 11.5. The highest BCUT2D eigenvalue weighted by atomic mass is 16.3. The van der Waals surface area contributed by atoms with Crippen molar-refractivity contribution in [2.75, 3.05) is 13.1 Å². The van der Waals surface area contributed by atoms with E-state index >= 15 is 0 Å². The summed E-state index contributed by atoms with van der Waals surface area (Å²) < 4.78 is 0. The topological polar surface area (TPSA) is 23.5 Å². The van der Waals surface area contributed by atoms with Gasteiger partial charge in [-0.2, -0.15) is 0 Å². The second kappa shape index (κ2) is 5.22. The van der Waals surface area contributed by atoms with Crippen molar-refractivity contribution in [3.05, 3.63) is 42.0 Å². The highest BCUT2D eigenvalue weighted by molar-refractivity contribution is 5.89. The van der Waals surface area contributed by atoms with Gasteiger partial charge in [0.15, 0.2) is 0 Å². The fourth-order valence-electron chi connectivity index (χ4n) is 3.11. The van der Waals surface area contributed by atoms with Crippen LogP contribution in [-0.4, -0.2) is 23.1 Å². The van der Waals surface area contributed by atoms with Crippen LogP contribution >= 0.6 is 0 Å². The van der Waals surface area contributed by atoms with Crippen LogP contribution in [0.5, 0.6) is 5.75 Å². The van der Waals surface area contributed by atoms with Gasteiger partial charge in [0.1, 0.15) is 5.75 Å². The fourth-order valence-corrected chi connectivity index (χ4v) is 3.11. The second-order valence-corrected chi connectivity index (χ2v) is 5.50. The second-order valence-electron chi connectivity index (χ2n) is 5.50. The molecule has 2 aromatic carbocycles. The first-order chi connectivity index (χ1) is 9.27. The Morgan fingerprint density at radius 2 is 1.74 bits per heavy atom. The van der Waals surface area contributed by atoms with E-state index in [1.807, 2.05) is 24.3 Å². The highest BCUT2D eigenvalue weighted by Gasteiger charge is 2.21. The van der Waals surface area contributed by atoms with Crippen molar-refractivity contribution >= 4 is 10.8 Å². The largest absolute Gasteiger partial charge is 0.507 e. The highest BCUT2D eigenvalue weighted by Crippen LogP contribution is 2.35. The molecule has 1 unspecified atom stereocenters. The Balaban J connectivity index is 1.97. The van der Waals surface area contributed by atoms with Crippen molar-refractivity contribution in [2.45, 2.75) is 32.2 Å². The van der Waals surface area contributed by atoms with Gasteiger partial charge in [0.25, 0.3) is 0 Å². The lowest BCUT2D eigenvalue weighted by atomic mass is 9.98. The molecule has 1 heterocycles. The molecular formula is C17H21NO. The molecule has 1 saturated heterocycles. The lowest BCUT2D eigenvalue weighted by molar-refractivity contribution is 0.172. The smallest absolute Gasteiger partial charge is 0.128 e. The molecule has 0 saturated carbocycles. The van der Waals surface area contributed by atoms with Gasteiger partial charge in [-0.25, -0.2) is 0 Å². The van der Waals surface area contributed by atoms with Crippen LogP contribution in [0.1, 0.15) is 37.8 Å². The van der Waals surface area contributed by atoms with Crippen LogP contribution in [-0.2, 0) is 0 Å². The Labute approximate surface area is 114 Å². The first-order valence-electron chi connectivity index (χ1n) is 7.22. The number of hydrogen-bond acceptors (Lipinski definition) is 2. The molecule has 2 nitrogen and oxygen atoms in total. The Morgan fingerprint density at radius 3 is 2.53 bits per heavy atom. The standard InChI is InChI=1S/C17H21NO/c1-13(18-11-5-2-6-12-18)15-10-9-14-7-3-4-8-16(14)17(15)19/h3-4,7-10,13,19H,2,5-6,11-12H2,1H3. The van der Waals surface area contributed by atoms with E-state index in [4.69, 9.17) is 0 Å². The first kappa shape index (κ1) is 12.5. The van der Waals surface area contributed by atoms with E-state index in [0.717, 1.165) is 29.4 Å². The third kappa shape index (κ3) is 2.33. The van der Waals surface area contributed by atoms with Gasteiger partial charge in [0.05, 0.1) is 0 Å². The first-order valence-corrected chi connectivity index (χ1v) is 7.22. The molecule has 1 N–H and O–H groups in total. The van der Waals surface area contributed by atoms with Gasteiger partial charge >= 0.3 is 0 Å². The Bertz CT molecular complexity index is 572. The van der Waals surface area contributed by atoms with Gasteiger partial charge < -0.3 is 5.11 Å². The predicted molar refractivity (Wildman–Crippen MR) is 79.5 cm³/mol. The van der Waals surface area contributed by atoms with Gasteiger partial charge in [-0.1, -0.05) is 42.8 Å². The summed E-state index contributed by atoms with van der Waals surface area (Å²) >= 11 is 0. The number of hydrogen-bond donors (Lipinski definition) is 1. The van der Waals surface area contributed by atoms with Crippen molar-refractivity contribution in [3.63, 3.8) is 0 Å². The number of aromatic hydroxyl groups is 1. The van der Waals surface area contributed by atoms with Crippen molar-refractivity contribution in [3.8, 4) is 5.75 Å². The third-order valence-electron chi connectivity index (χ3n) is 4.32. The zero-order chi connectivity index (χ0) is 13.2. The molecule has 0 amide bonds. The molecule has 0 spiro atoms. The SMILES string of the molecule is CC(c1ccc2ccccc2c1O)N1CCCCC1. The number of rotatable bonds is 2. The fraction of sp³-hybridized carbons (Fsp3) is 0.412. The number of benzene rings is 2. The van der Waals surface area contributed by atoms with Crippen molar-refractivity contribution in [2.24, 2.45) is 0 Å². The van der Waals surface area contributed by atoms with Crippen LogP contribution in [0.15, 0.2) is 36.4 Å². The van der Waals surface area contributed by atoms with Crippen LogP contribution < -0.4 is 0 Å². The lowest BCUT2D eigenvalue weighted by Gasteiger charge is -2.33. The summed E-state index contributed by atoms with van der Waals surface area (Å²) in [6.07, 6.45) is 3.89. The molecule has 0 aliphatic carbocycles. The van der Waals surface area contributed by atoms with Crippen LogP contribution in [0.3, 0.4) is 0 Å². The van der Waals surface area contributed by atoms with Crippen molar-refractivity contribution in [1.29, 1.82) is 0 Å². The maximum Gasteiger partial charge on any atom is 0.128 e. The number of nitrogens with zero attached hydrogens (tertiary/aromatic N) is 1. The number of likely N-dealkylation sites (tertiary alicyclic amines) is 1. The molecule has 1 fully saturated rings. The molecule has 0 aromatic heterocycles. The van der Waals surface area contributed by atoms with Crippen molar-refractivity contribution < 1.29 is 5.11 Å². The molecule has 2 aromatic rings. The minimum atomic E-state index is 0.296. The van der Waals surface area contributed by atoms with Gasteiger partial charge in [-0.3, -0.25) is 4.90 Å². The molecule has 0 radical (unpaired) electrons. The monoisotopic (exact) mass is 255 g/mol. The van der Waals surface area contributed by atoms with Crippen LogP contribution in [0, 0.1) is 0 Å². The average molecular weight is 255 g/mol. The Kier molecular flexibility index (Phi) is 3.43. The van der Waals surface area contributed by atoms with E-state index in [-0.39, 0.29) is 0 Å². The van der Waals surface area contributed by atoms with Gasteiger partial charge in [-0.15, -0.1) is 0 Å². The van der Waals surface area contributed by atoms with E-state index in [0.29, 0.717) is 11.8 Å². The van der Waals surface area contributed by atoms with E-state index < -0.39 is 0 Å². The summed E-state index contributed by atoms with van der Waals surface area (Å²) in [6.45, 7) is 4.50. The minimum Gasteiger partial charge on any atom is -0.507 e. The number of piperidine rings is 1. The summed E-state index contributed by atoms with van der Waals surface area (Å²) in [7, 11) is 0. The van der Waals surface area contributed by atoms with Gasteiger partial charge in [0, 0.05) is 17.0 Å². The van der Waals surface area contributed by atoms with E-state index in [2.05, 4.69) is 24.0 Å². The predicted octanol–water partition coefficient (Wildman–Crippen LogP) is 4.09. The van der Waals surface area contributed by atoms with E-state index in [9.17, 15) is 5.11 Å². The Hall–Kier alpha value is -1.54. The summed E-state index contributed by atoms with van der Waals surface area (Å²) in [6, 6.07) is 12.5. The summed E-state index contributed by atoms with van der Waals surface area (Å²) in [4.78, 5) is 2.48. The maximum atomic E-state index is 10.5. The molecule has 2 heteroatoms. The molecule has 0 bridgehead atoms. The summed E-state index contributed by atoms with van der Waals surface area (Å²) in [5.41, 5.74) is 1.06. The van der Waals surface area contributed by atoms with Crippen molar-refractivity contribution in [1.82, 2.24) is 4.90 Å². The summed E-state index contributed by atoms with van der Waals surface area (Å²) in [5.74, 6) is 0.455. The maximum absolute atomic E-state index is 10.5. The molecule has 100 valence electrons. The van der Waals surface area contributed by atoms with Crippen LogP contribution in [0.4, 0.5) is 0 Å². The minimum absolute atomic E-state index is 0.296. The number of phenolic OH excluding ortho intramolecular Hbond substituents is 1. The summed E-state index contributed by atoms with van der Waals surface area (Å²) in [5, 5.41) is 12.6. The third-order valence-corrected chi connectivity index (χ3v) is 4.32. The normalized spacial score (nSPS) is 18.6. The van der Waals surface area contributed by atoms with Crippen LogP contribution in [0.2, 0.25) is 0 Å². The Morgan fingerprint density at radius 1 is 1.00 bits per heavy atom. The molecule has 1 atom stereocenters. The quantitative estimate of drug-likeness (QED) is 0.873. The van der Waals surface area contributed by atoms with Gasteiger partial charge in [-0.05, 0) is 38.2 Å². The van der Waals surface area contributed by atoms with E-state index in [1.165, 1.54) is 19.3 Å². The molecule has 1 aliphatic rings. The lowest BCUT2D eigenvalue weighted by Crippen LogP contribution is -2.32. The average Bonchev–Trinajstić information content (AvgIpc) is 2.48.